The van der Waals surface area contributed by atoms with Crippen LogP contribution in [0.2, 0.25) is 0 Å². The van der Waals surface area contributed by atoms with Crippen LogP contribution in [0.15, 0.2) is 18.2 Å². The van der Waals surface area contributed by atoms with E-state index < -0.39 is 23.5 Å². The Labute approximate surface area is 104 Å². The third kappa shape index (κ3) is 2.51. The summed E-state index contributed by atoms with van der Waals surface area (Å²) in [4.78, 5) is 12.8. The standard InChI is InChI=1S/C13H15F2NO2/c1-8-5-16(6-9(8)13(17)18)7-10-11(14)3-2-4-12(10)15/h2-4,8-9H,5-7H2,1H3,(H,17,18). The Hall–Kier alpha value is -1.49. The number of halogens is 2. The van der Waals surface area contributed by atoms with Gasteiger partial charge in [0.15, 0.2) is 0 Å². The molecule has 2 unspecified atom stereocenters. The highest BCUT2D eigenvalue weighted by atomic mass is 19.1. The Kier molecular flexibility index (Phi) is 3.61. The molecule has 0 aliphatic carbocycles. The molecule has 0 spiro atoms. The average Bonchev–Trinajstić information content (AvgIpc) is 2.65. The van der Waals surface area contributed by atoms with Gasteiger partial charge >= 0.3 is 5.97 Å². The smallest absolute Gasteiger partial charge is 0.308 e. The van der Waals surface area contributed by atoms with Crippen LogP contribution in [-0.2, 0) is 11.3 Å². The molecule has 1 N–H and O–H groups in total. The molecule has 0 saturated carbocycles. The molecule has 5 heteroatoms. The number of hydrogen-bond acceptors (Lipinski definition) is 2. The molecule has 0 aromatic heterocycles. The fraction of sp³-hybridized carbons (Fsp3) is 0.462. The van der Waals surface area contributed by atoms with Gasteiger partial charge in [-0.05, 0) is 18.1 Å². The van der Waals surface area contributed by atoms with E-state index in [1.54, 1.807) is 4.90 Å². The van der Waals surface area contributed by atoms with Crippen LogP contribution >= 0.6 is 0 Å². The number of carbonyl (C=O) groups is 1. The molecule has 1 aliphatic rings. The van der Waals surface area contributed by atoms with Crippen molar-refractivity contribution < 1.29 is 18.7 Å². The second kappa shape index (κ2) is 5.02. The lowest BCUT2D eigenvalue weighted by atomic mass is 9.99. The Morgan fingerprint density at radius 2 is 2.00 bits per heavy atom. The second-order valence-corrected chi connectivity index (χ2v) is 4.82. The Morgan fingerprint density at radius 1 is 1.39 bits per heavy atom. The summed E-state index contributed by atoms with van der Waals surface area (Å²) in [6.45, 7) is 2.85. The van der Waals surface area contributed by atoms with Gasteiger partial charge in [0, 0.05) is 25.2 Å². The number of carboxylic acids is 1. The fourth-order valence-corrected chi connectivity index (χ4v) is 2.42. The quantitative estimate of drug-likeness (QED) is 0.899. The lowest BCUT2D eigenvalue weighted by Crippen LogP contribution is -2.24. The molecular weight excluding hydrogens is 240 g/mol. The number of nitrogens with zero attached hydrogens (tertiary/aromatic N) is 1. The van der Waals surface area contributed by atoms with Crippen molar-refractivity contribution in [1.29, 1.82) is 0 Å². The van der Waals surface area contributed by atoms with Gasteiger partial charge in [-0.3, -0.25) is 9.69 Å². The van der Waals surface area contributed by atoms with Gasteiger partial charge in [0.05, 0.1) is 5.92 Å². The molecule has 1 aromatic rings. The summed E-state index contributed by atoms with van der Waals surface area (Å²) in [5.41, 5.74) is 0.00994. The maximum atomic E-state index is 13.5. The van der Waals surface area contributed by atoms with Crippen LogP contribution in [0.5, 0.6) is 0 Å². The molecular formula is C13H15F2NO2. The summed E-state index contributed by atoms with van der Waals surface area (Å²) in [6, 6.07) is 3.75. The fourth-order valence-electron chi connectivity index (χ4n) is 2.42. The van der Waals surface area contributed by atoms with E-state index in [2.05, 4.69) is 0 Å². The van der Waals surface area contributed by atoms with E-state index in [4.69, 9.17) is 5.11 Å². The van der Waals surface area contributed by atoms with Gasteiger partial charge < -0.3 is 5.11 Å². The predicted octanol–water partition coefficient (Wildman–Crippen LogP) is 2.12. The lowest BCUT2D eigenvalue weighted by Gasteiger charge is -2.16. The summed E-state index contributed by atoms with van der Waals surface area (Å²) < 4.78 is 26.9. The van der Waals surface area contributed by atoms with Crippen LogP contribution in [-0.4, -0.2) is 29.1 Å². The normalized spacial score (nSPS) is 24.4. The maximum Gasteiger partial charge on any atom is 0.308 e. The molecule has 0 amide bonds. The van der Waals surface area contributed by atoms with Crippen molar-refractivity contribution in [2.45, 2.75) is 13.5 Å². The highest BCUT2D eigenvalue weighted by Crippen LogP contribution is 2.25. The van der Waals surface area contributed by atoms with Crippen LogP contribution in [0, 0.1) is 23.5 Å². The zero-order valence-electron chi connectivity index (χ0n) is 10.1. The van der Waals surface area contributed by atoms with Crippen molar-refractivity contribution >= 4 is 5.97 Å². The van der Waals surface area contributed by atoms with E-state index in [-0.39, 0.29) is 18.0 Å². The first-order valence-corrected chi connectivity index (χ1v) is 5.87. The molecule has 1 aromatic carbocycles. The SMILES string of the molecule is CC1CN(Cc2c(F)cccc2F)CC1C(=O)O. The Morgan fingerprint density at radius 3 is 2.50 bits per heavy atom. The molecule has 2 rings (SSSR count). The van der Waals surface area contributed by atoms with E-state index in [1.807, 2.05) is 6.92 Å². The molecule has 3 nitrogen and oxygen atoms in total. The van der Waals surface area contributed by atoms with Crippen LogP contribution in [0.3, 0.4) is 0 Å². The van der Waals surface area contributed by atoms with Gasteiger partial charge in [-0.2, -0.15) is 0 Å². The van der Waals surface area contributed by atoms with Gasteiger partial charge in [0.25, 0.3) is 0 Å². The van der Waals surface area contributed by atoms with Crippen molar-refractivity contribution in [2.24, 2.45) is 11.8 Å². The molecule has 98 valence electrons. The maximum absolute atomic E-state index is 13.5. The second-order valence-electron chi connectivity index (χ2n) is 4.82. The zero-order valence-corrected chi connectivity index (χ0v) is 10.1. The molecule has 0 radical (unpaired) electrons. The van der Waals surface area contributed by atoms with Crippen molar-refractivity contribution in [3.63, 3.8) is 0 Å². The van der Waals surface area contributed by atoms with E-state index in [1.165, 1.54) is 18.2 Å². The van der Waals surface area contributed by atoms with Crippen LogP contribution in [0.4, 0.5) is 8.78 Å². The number of aliphatic carboxylic acids is 1. The molecule has 1 aliphatic heterocycles. The predicted molar refractivity (Wildman–Crippen MR) is 61.9 cm³/mol. The summed E-state index contributed by atoms with van der Waals surface area (Å²) in [5.74, 6) is -2.47. The minimum atomic E-state index is -0.848. The first-order valence-electron chi connectivity index (χ1n) is 5.87. The molecule has 0 bridgehead atoms. The van der Waals surface area contributed by atoms with Gasteiger partial charge in [-0.1, -0.05) is 13.0 Å². The average molecular weight is 255 g/mol. The zero-order chi connectivity index (χ0) is 13.3. The number of hydrogen-bond donors (Lipinski definition) is 1. The third-order valence-corrected chi connectivity index (χ3v) is 3.45. The largest absolute Gasteiger partial charge is 0.481 e. The first-order chi connectivity index (χ1) is 8.49. The lowest BCUT2D eigenvalue weighted by molar-refractivity contribution is -0.142. The minimum Gasteiger partial charge on any atom is -0.481 e. The number of likely N-dealkylation sites (tertiary alicyclic amines) is 1. The Bertz CT molecular complexity index is 444. The Balaban J connectivity index is 2.10. The number of carboxylic acid groups (broad SMARTS) is 1. The molecule has 1 saturated heterocycles. The summed E-state index contributed by atoms with van der Waals surface area (Å²) in [6.07, 6.45) is 0. The highest BCUT2D eigenvalue weighted by molar-refractivity contribution is 5.71. The number of benzene rings is 1. The summed E-state index contributed by atoms with van der Waals surface area (Å²) in [5, 5.41) is 9.00. The van der Waals surface area contributed by atoms with E-state index in [0.29, 0.717) is 13.1 Å². The van der Waals surface area contributed by atoms with Gasteiger partial charge in [0.1, 0.15) is 11.6 Å². The van der Waals surface area contributed by atoms with Crippen LogP contribution < -0.4 is 0 Å². The van der Waals surface area contributed by atoms with Crippen LogP contribution in [0.25, 0.3) is 0 Å². The summed E-state index contributed by atoms with van der Waals surface area (Å²) in [7, 11) is 0. The van der Waals surface area contributed by atoms with Crippen molar-refractivity contribution in [1.82, 2.24) is 4.90 Å². The van der Waals surface area contributed by atoms with Crippen molar-refractivity contribution in [3.05, 3.63) is 35.4 Å². The molecule has 18 heavy (non-hydrogen) atoms. The summed E-state index contributed by atoms with van der Waals surface area (Å²) >= 11 is 0. The molecule has 2 atom stereocenters. The van der Waals surface area contributed by atoms with E-state index in [9.17, 15) is 13.6 Å². The van der Waals surface area contributed by atoms with Crippen LogP contribution in [0.1, 0.15) is 12.5 Å². The van der Waals surface area contributed by atoms with E-state index >= 15 is 0 Å². The minimum absolute atomic E-state index is 0.00247. The van der Waals surface area contributed by atoms with E-state index in [0.717, 1.165) is 0 Å². The topological polar surface area (TPSA) is 40.5 Å². The monoisotopic (exact) mass is 255 g/mol. The first kappa shape index (κ1) is 13.0. The van der Waals surface area contributed by atoms with Gasteiger partial charge in [-0.15, -0.1) is 0 Å². The molecule has 1 heterocycles. The molecule has 1 fully saturated rings. The number of rotatable bonds is 3. The van der Waals surface area contributed by atoms with Crippen molar-refractivity contribution in [3.8, 4) is 0 Å². The third-order valence-electron chi connectivity index (χ3n) is 3.45. The van der Waals surface area contributed by atoms with Gasteiger partial charge in [0.2, 0.25) is 0 Å². The van der Waals surface area contributed by atoms with Crippen molar-refractivity contribution in [2.75, 3.05) is 13.1 Å². The highest BCUT2D eigenvalue weighted by Gasteiger charge is 2.35. The van der Waals surface area contributed by atoms with Gasteiger partial charge in [-0.25, -0.2) is 8.78 Å².